The fourth-order valence-electron chi connectivity index (χ4n) is 4.13. The monoisotopic (exact) mass is 470 g/mol. The molecule has 4 N–H and O–H groups in total. The van der Waals surface area contributed by atoms with Crippen molar-refractivity contribution in [2.45, 2.75) is 43.9 Å². The highest BCUT2D eigenvalue weighted by molar-refractivity contribution is 5.89. The molecule has 0 radical (unpaired) electrons. The maximum absolute atomic E-state index is 12.7. The highest BCUT2D eigenvalue weighted by atomic mass is 16.5. The van der Waals surface area contributed by atoms with Gasteiger partial charge in [-0.15, -0.1) is 0 Å². The molecule has 0 aliphatic heterocycles. The summed E-state index contributed by atoms with van der Waals surface area (Å²) in [6, 6.07) is 13.3. The quantitative estimate of drug-likeness (QED) is 0.370. The predicted molar refractivity (Wildman–Crippen MR) is 124 cm³/mol. The molecule has 2 aromatic rings. The molecule has 0 spiro atoms. The minimum Gasteiger partial charge on any atom is -0.480 e. The third-order valence-electron chi connectivity index (χ3n) is 5.84. The van der Waals surface area contributed by atoms with Crippen molar-refractivity contribution in [1.82, 2.24) is 10.6 Å². The number of fused-ring (bicyclic) bond motifs is 3. The van der Waals surface area contributed by atoms with E-state index in [1.54, 1.807) is 0 Å². The molecule has 0 heterocycles. The molecule has 9 heteroatoms. The zero-order valence-electron chi connectivity index (χ0n) is 19.2. The number of aliphatic hydroxyl groups is 1. The van der Waals surface area contributed by atoms with Crippen LogP contribution in [0, 0.1) is 0 Å². The van der Waals surface area contributed by atoms with Gasteiger partial charge in [-0.05, 0) is 42.0 Å². The Hall–Kier alpha value is -3.43. The first-order chi connectivity index (χ1) is 16.3. The number of ether oxygens (including phenoxy) is 2. The van der Waals surface area contributed by atoms with E-state index in [9.17, 15) is 24.6 Å². The largest absolute Gasteiger partial charge is 0.480 e. The molecular weight excluding hydrogens is 440 g/mol. The molecule has 3 atom stereocenters. The highest BCUT2D eigenvalue weighted by Crippen LogP contribution is 2.44. The van der Waals surface area contributed by atoms with Gasteiger partial charge >= 0.3 is 12.1 Å². The molecule has 3 rings (SSSR count). The van der Waals surface area contributed by atoms with Crippen LogP contribution in [0.4, 0.5) is 4.79 Å². The molecule has 0 bridgehead atoms. The summed E-state index contributed by atoms with van der Waals surface area (Å²) in [5, 5.41) is 23.7. The van der Waals surface area contributed by atoms with Crippen molar-refractivity contribution in [1.29, 1.82) is 0 Å². The number of nitrogens with one attached hydrogen (secondary N) is 2. The fraction of sp³-hybridized carbons (Fsp3) is 0.400. The highest BCUT2D eigenvalue weighted by Gasteiger charge is 2.31. The Kier molecular flexibility index (Phi) is 8.61. The second kappa shape index (κ2) is 11.6. The average Bonchev–Trinajstić information content (AvgIpc) is 3.14. The first-order valence-corrected chi connectivity index (χ1v) is 11.1. The van der Waals surface area contributed by atoms with Crippen LogP contribution < -0.4 is 10.6 Å². The lowest BCUT2D eigenvalue weighted by Gasteiger charge is -2.23. The van der Waals surface area contributed by atoms with Crippen molar-refractivity contribution in [2.75, 3.05) is 20.3 Å². The van der Waals surface area contributed by atoms with E-state index in [0.29, 0.717) is 13.0 Å². The lowest BCUT2D eigenvalue weighted by Crippen LogP contribution is -2.54. The number of aliphatic hydroxyl groups excluding tert-OH is 1. The number of hydrogen-bond donors (Lipinski definition) is 4. The second-order valence-electron chi connectivity index (χ2n) is 8.22. The van der Waals surface area contributed by atoms with E-state index >= 15 is 0 Å². The molecule has 0 saturated heterocycles. The minimum atomic E-state index is -1.50. The summed E-state index contributed by atoms with van der Waals surface area (Å²) in [5.74, 6) is -2.23. The van der Waals surface area contributed by atoms with E-state index in [-0.39, 0.29) is 18.9 Å². The smallest absolute Gasteiger partial charge is 0.407 e. The van der Waals surface area contributed by atoms with Crippen LogP contribution in [0.1, 0.15) is 36.8 Å². The van der Waals surface area contributed by atoms with Gasteiger partial charge in [0.15, 0.2) is 6.04 Å². The molecule has 1 aliphatic rings. The van der Waals surface area contributed by atoms with Gasteiger partial charge in [0, 0.05) is 19.6 Å². The summed E-state index contributed by atoms with van der Waals surface area (Å²) in [5.41, 5.74) is 4.32. The van der Waals surface area contributed by atoms with Crippen molar-refractivity contribution in [3.63, 3.8) is 0 Å². The molecule has 182 valence electrons. The lowest BCUT2D eigenvalue weighted by molar-refractivity contribution is -0.145. The van der Waals surface area contributed by atoms with Gasteiger partial charge < -0.3 is 30.3 Å². The van der Waals surface area contributed by atoms with Crippen LogP contribution in [0.25, 0.3) is 11.1 Å². The van der Waals surface area contributed by atoms with Gasteiger partial charge in [0.1, 0.15) is 12.6 Å². The molecule has 1 unspecified atom stereocenters. The van der Waals surface area contributed by atoms with Crippen molar-refractivity contribution >= 4 is 18.0 Å². The minimum absolute atomic E-state index is 0.0810. The van der Waals surface area contributed by atoms with Gasteiger partial charge in [-0.3, -0.25) is 4.79 Å². The van der Waals surface area contributed by atoms with Gasteiger partial charge in [-0.25, -0.2) is 9.59 Å². The van der Waals surface area contributed by atoms with Crippen LogP contribution in [-0.4, -0.2) is 66.7 Å². The molecule has 9 nitrogen and oxygen atoms in total. The number of carboxylic acids is 1. The number of methoxy groups -OCH3 is 1. The van der Waals surface area contributed by atoms with E-state index in [1.165, 1.54) is 14.0 Å². The third kappa shape index (κ3) is 5.92. The first-order valence-electron chi connectivity index (χ1n) is 11.1. The van der Waals surface area contributed by atoms with Crippen LogP contribution in [0.3, 0.4) is 0 Å². The number of alkyl carbamates (subject to hydrolysis) is 1. The third-order valence-corrected chi connectivity index (χ3v) is 5.84. The lowest BCUT2D eigenvalue weighted by atomic mass is 9.98. The number of hydrogen-bond acceptors (Lipinski definition) is 6. The summed E-state index contributed by atoms with van der Waals surface area (Å²) >= 11 is 0. The van der Waals surface area contributed by atoms with E-state index in [4.69, 9.17) is 9.47 Å². The van der Waals surface area contributed by atoms with Gasteiger partial charge in [0.2, 0.25) is 5.91 Å². The Morgan fingerprint density at radius 3 is 2.12 bits per heavy atom. The van der Waals surface area contributed by atoms with Crippen LogP contribution >= 0.6 is 0 Å². The van der Waals surface area contributed by atoms with E-state index in [1.807, 2.05) is 48.5 Å². The average molecular weight is 471 g/mol. The van der Waals surface area contributed by atoms with Crippen LogP contribution in [0.5, 0.6) is 0 Å². The van der Waals surface area contributed by atoms with Crippen LogP contribution in [0.15, 0.2) is 48.5 Å². The molecule has 2 aromatic carbocycles. The van der Waals surface area contributed by atoms with Gasteiger partial charge in [-0.1, -0.05) is 48.5 Å². The van der Waals surface area contributed by atoms with E-state index in [0.717, 1.165) is 22.3 Å². The molecular formula is C25H30N2O7. The Labute approximate surface area is 198 Å². The Morgan fingerprint density at radius 1 is 1.00 bits per heavy atom. The summed E-state index contributed by atoms with van der Waals surface area (Å²) in [4.78, 5) is 36.6. The van der Waals surface area contributed by atoms with Gasteiger partial charge in [0.05, 0.1) is 6.10 Å². The molecule has 0 aromatic heterocycles. The number of benzene rings is 2. The van der Waals surface area contributed by atoms with E-state index in [2.05, 4.69) is 10.6 Å². The maximum Gasteiger partial charge on any atom is 0.407 e. The number of carboxylic acid groups (broad SMARTS) is 1. The van der Waals surface area contributed by atoms with Crippen molar-refractivity contribution in [3.05, 3.63) is 59.7 Å². The van der Waals surface area contributed by atoms with Gasteiger partial charge in [0.25, 0.3) is 0 Å². The number of carbonyl (C=O) groups is 3. The summed E-state index contributed by atoms with van der Waals surface area (Å²) in [6.45, 7) is 1.70. The van der Waals surface area contributed by atoms with Gasteiger partial charge in [-0.2, -0.15) is 0 Å². The van der Waals surface area contributed by atoms with Crippen molar-refractivity contribution in [3.8, 4) is 11.1 Å². The molecule has 0 fully saturated rings. The van der Waals surface area contributed by atoms with Crippen molar-refractivity contribution in [2.24, 2.45) is 0 Å². The number of carbonyl (C=O) groups excluding carboxylic acids is 2. The zero-order chi connectivity index (χ0) is 24.7. The summed E-state index contributed by atoms with van der Waals surface area (Å²) < 4.78 is 10.5. The maximum atomic E-state index is 12.7. The molecule has 2 amide bonds. The SMILES string of the molecule is COCCCC(NC(=O)OCC1c2ccccc2-c2ccccc21)C(=O)N[C@H](C(=O)O)[C@@H](C)O. The van der Waals surface area contributed by atoms with Crippen LogP contribution in [0.2, 0.25) is 0 Å². The van der Waals surface area contributed by atoms with Crippen molar-refractivity contribution < 1.29 is 34.1 Å². The zero-order valence-corrected chi connectivity index (χ0v) is 19.2. The molecule has 34 heavy (non-hydrogen) atoms. The topological polar surface area (TPSA) is 134 Å². The first kappa shape index (κ1) is 25.2. The second-order valence-corrected chi connectivity index (χ2v) is 8.22. The fourth-order valence-corrected chi connectivity index (χ4v) is 4.13. The standard InChI is InChI=1S/C25H30N2O7/c1-15(28)22(24(30)31)27-23(29)21(12-7-13-33-2)26-25(32)34-14-20-18-10-5-3-8-16(18)17-9-4-6-11-19(17)20/h3-6,8-11,15,20-22,28H,7,12-14H2,1-2H3,(H,26,32)(H,27,29)(H,30,31)/t15-,21?,22+/m1/s1. The molecule has 0 saturated carbocycles. The summed E-state index contributed by atoms with van der Waals surface area (Å²) in [6.07, 6.45) is -1.44. The van der Waals surface area contributed by atoms with Crippen LogP contribution in [-0.2, 0) is 19.1 Å². The number of aliphatic carboxylic acids is 1. The summed E-state index contributed by atoms with van der Waals surface area (Å²) in [7, 11) is 1.52. The number of rotatable bonds is 11. The molecule has 1 aliphatic carbocycles. The Balaban J connectivity index is 1.66. The Morgan fingerprint density at radius 2 is 1.59 bits per heavy atom. The predicted octanol–water partition coefficient (Wildman–Crippen LogP) is 2.27. The Bertz CT molecular complexity index is 978. The normalized spacial score (nSPS) is 14.9. The number of amides is 2. The van der Waals surface area contributed by atoms with E-state index < -0.39 is 36.2 Å².